The van der Waals surface area contributed by atoms with Crippen molar-refractivity contribution in [2.45, 2.75) is 36.8 Å². The average molecular weight is 575 g/mol. The standard InChI is InChI=1S/C29H32ClFN2O5S/c1-29(2,17-21-9-13-26(30)27(31)15-21)32-18-24(34)19-33(3)39(37,38)25-6-4-5-23(16-25)22-11-7-20(8-12-22)10-14-28(35)36/h4-16,24,32,34H,17-19H2,1-3H3,(H,35,36). The number of β-amino-alcohol motifs (C(OH)–C–C–N with tert-alkyl or cyclic N) is 1. The molecule has 3 aromatic carbocycles. The number of aliphatic hydroxyl groups is 1. The fraction of sp³-hybridized carbons (Fsp3) is 0.276. The number of sulfonamides is 1. The van der Waals surface area contributed by atoms with Crippen molar-refractivity contribution in [3.63, 3.8) is 0 Å². The summed E-state index contributed by atoms with van der Waals surface area (Å²) in [5, 5.41) is 22.6. The smallest absolute Gasteiger partial charge is 0.328 e. The van der Waals surface area contributed by atoms with Crippen LogP contribution in [0.25, 0.3) is 17.2 Å². The molecule has 0 aliphatic heterocycles. The Kier molecular flexibility index (Phi) is 10.0. The Bertz CT molecular complexity index is 1440. The highest BCUT2D eigenvalue weighted by Crippen LogP contribution is 2.25. The Morgan fingerprint density at radius 2 is 1.79 bits per heavy atom. The zero-order valence-electron chi connectivity index (χ0n) is 21.9. The van der Waals surface area contributed by atoms with Crippen LogP contribution in [0.3, 0.4) is 0 Å². The molecule has 0 saturated heterocycles. The zero-order chi connectivity index (χ0) is 28.8. The number of nitrogens with one attached hydrogen (secondary N) is 1. The Labute approximate surface area is 233 Å². The third kappa shape index (κ3) is 8.71. The number of halogens is 2. The van der Waals surface area contributed by atoms with Crippen LogP contribution in [-0.4, -0.2) is 60.7 Å². The van der Waals surface area contributed by atoms with Gasteiger partial charge in [-0.05, 0) is 72.9 Å². The molecule has 3 rings (SSSR count). The molecule has 0 aliphatic carbocycles. The van der Waals surface area contributed by atoms with E-state index in [1.807, 2.05) is 13.8 Å². The molecule has 0 heterocycles. The van der Waals surface area contributed by atoms with Gasteiger partial charge in [0.05, 0.1) is 16.0 Å². The third-order valence-electron chi connectivity index (χ3n) is 6.12. The van der Waals surface area contributed by atoms with E-state index in [4.69, 9.17) is 16.7 Å². The summed E-state index contributed by atoms with van der Waals surface area (Å²) in [6, 6.07) is 18.2. The molecule has 0 spiro atoms. The molecule has 1 unspecified atom stereocenters. The van der Waals surface area contributed by atoms with Crippen molar-refractivity contribution >= 4 is 33.7 Å². The lowest BCUT2D eigenvalue weighted by molar-refractivity contribution is -0.131. The molecule has 208 valence electrons. The number of hydrogen-bond donors (Lipinski definition) is 3. The summed E-state index contributed by atoms with van der Waals surface area (Å²) in [6.45, 7) is 3.82. The lowest BCUT2D eigenvalue weighted by Gasteiger charge is -2.29. The number of rotatable bonds is 12. The second kappa shape index (κ2) is 12.8. The van der Waals surface area contributed by atoms with Gasteiger partial charge in [-0.25, -0.2) is 17.6 Å². The third-order valence-corrected chi connectivity index (χ3v) is 8.24. The normalized spacial score (nSPS) is 13.2. The summed E-state index contributed by atoms with van der Waals surface area (Å²) in [6.07, 6.45) is 2.01. The van der Waals surface area contributed by atoms with Gasteiger partial charge in [-0.3, -0.25) is 0 Å². The number of benzene rings is 3. The molecule has 0 radical (unpaired) electrons. The minimum atomic E-state index is -3.89. The van der Waals surface area contributed by atoms with Crippen LogP contribution in [0.4, 0.5) is 4.39 Å². The highest BCUT2D eigenvalue weighted by molar-refractivity contribution is 7.89. The van der Waals surface area contributed by atoms with E-state index < -0.39 is 33.5 Å². The molecule has 0 amide bonds. The number of likely N-dealkylation sites (N-methyl/N-ethyl adjacent to an activating group) is 1. The Morgan fingerprint density at radius 3 is 2.44 bits per heavy atom. The molecular formula is C29H32ClFN2O5S. The van der Waals surface area contributed by atoms with Crippen LogP contribution < -0.4 is 5.32 Å². The SMILES string of the molecule is CN(CC(O)CNC(C)(C)Cc1ccc(Cl)c(F)c1)S(=O)(=O)c1cccc(-c2ccc(C=CC(=O)O)cc2)c1. The van der Waals surface area contributed by atoms with Crippen LogP contribution in [0.15, 0.2) is 77.7 Å². The summed E-state index contributed by atoms with van der Waals surface area (Å²) in [4.78, 5) is 10.8. The number of hydrogen-bond acceptors (Lipinski definition) is 5. The van der Waals surface area contributed by atoms with Gasteiger partial charge in [-0.1, -0.05) is 54.1 Å². The summed E-state index contributed by atoms with van der Waals surface area (Å²) in [5.74, 6) is -1.54. The van der Waals surface area contributed by atoms with Crippen LogP contribution in [0.5, 0.6) is 0 Å². The summed E-state index contributed by atoms with van der Waals surface area (Å²) in [7, 11) is -2.47. The van der Waals surface area contributed by atoms with E-state index in [0.717, 1.165) is 21.5 Å². The molecule has 39 heavy (non-hydrogen) atoms. The fourth-order valence-corrected chi connectivity index (χ4v) is 5.42. The highest BCUT2D eigenvalue weighted by Gasteiger charge is 2.25. The van der Waals surface area contributed by atoms with Crippen LogP contribution in [0, 0.1) is 5.82 Å². The second-order valence-electron chi connectivity index (χ2n) is 9.95. The van der Waals surface area contributed by atoms with Gasteiger partial charge < -0.3 is 15.5 Å². The van der Waals surface area contributed by atoms with E-state index in [1.54, 1.807) is 48.5 Å². The molecule has 10 heteroatoms. The van der Waals surface area contributed by atoms with Crippen LogP contribution in [0.1, 0.15) is 25.0 Å². The first-order chi connectivity index (χ1) is 18.3. The molecule has 3 N–H and O–H groups in total. The highest BCUT2D eigenvalue weighted by atomic mass is 35.5. The quantitative estimate of drug-likeness (QED) is 0.267. The van der Waals surface area contributed by atoms with E-state index in [-0.39, 0.29) is 23.0 Å². The maximum Gasteiger partial charge on any atom is 0.328 e. The Balaban J connectivity index is 1.63. The molecule has 7 nitrogen and oxygen atoms in total. The number of carboxylic acid groups (broad SMARTS) is 1. The molecule has 0 saturated carbocycles. The van der Waals surface area contributed by atoms with Crippen LogP contribution in [0.2, 0.25) is 5.02 Å². The molecule has 0 aliphatic rings. The number of aliphatic carboxylic acids is 1. The first-order valence-corrected chi connectivity index (χ1v) is 14.0. The second-order valence-corrected chi connectivity index (χ2v) is 12.4. The number of carboxylic acids is 1. The van der Waals surface area contributed by atoms with E-state index in [0.29, 0.717) is 17.5 Å². The largest absolute Gasteiger partial charge is 0.478 e. The molecule has 0 bridgehead atoms. The molecule has 0 aromatic heterocycles. The van der Waals surface area contributed by atoms with Crippen molar-refractivity contribution in [3.05, 3.63) is 94.8 Å². The van der Waals surface area contributed by atoms with Crippen molar-refractivity contribution in [2.24, 2.45) is 0 Å². The lowest BCUT2D eigenvalue weighted by Crippen LogP contribution is -2.47. The monoisotopic (exact) mass is 574 g/mol. The van der Waals surface area contributed by atoms with E-state index >= 15 is 0 Å². The predicted octanol–water partition coefficient (Wildman–Crippen LogP) is 4.84. The van der Waals surface area contributed by atoms with E-state index in [2.05, 4.69) is 5.32 Å². The van der Waals surface area contributed by atoms with Gasteiger partial charge in [0.1, 0.15) is 5.82 Å². The molecule has 3 aromatic rings. The summed E-state index contributed by atoms with van der Waals surface area (Å²) < 4.78 is 41.4. The molecule has 1 atom stereocenters. The van der Waals surface area contributed by atoms with E-state index in [9.17, 15) is 22.7 Å². The predicted molar refractivity (Wildman–Crippen MR) is 152 cm³/mol. The first-order valence-electron chi connectivity index (χ1n) is 12.2. The van der Waals surface area contributed by atoms with Gasteiger partial charge in [0.15, 0.2) is 0 Å². The maximum atomic E-state index is 13.8. The number of carbonyl (C=O) groups is 1. The van der Waals surface area contributed by atoms with E-state index in [1.165, 1.54) is 31.3 Å². The van der Waals surface area contributed by atoms with Gasteiger partial charge in [-0.15, -0.1) is 0 Å². The molecular weight excluding hydrogens is 543 g/mol. The Morgan fingerprint density at radius 1 is 1.10 bits per heavy atom. The maximum absolute atomic E-state index is 13.8. The van der Waals surface area contributed by atoms with Gasteiger partial charge >= 0.3 is 5.97 Å². The van der Waals surface area contributed by atoms with Crippen molar-refractivity contribution < 1.29 is 27.8 Å². The average Bonchev–Trinajstić information content (AvgIpc) is 2.88. The topological polar surface area (TPSA) is 107 Å². The van der Waals surface area contributed by atoms with Crippen LogP contribution in [-0.2, 0) is 21.2 Å². The minimum Gasteiger partial charge on any atom is -0.478 e. The summed E-state index contributed by atoms with van der Waals surface area (Å²) in [5.41, 5.74) is 2.41. The summed E-state index contributed by atoms with van der Waals surface area (Å²) >= 11 is 5.75. The molecule has 0 fully saturated rings. The van der Waals surface area contributed by atoms with Gasteiger partial charge in [0, 0.05) is 31.8 Å². The van der Waals surface area contributed by atoms with Gasteiger partial charge in [0.25, 0.3) is 0 Å². The van der Waals surface area contributed by atoms with Gasteiger partial charge in [-0.2, -0.15) is 4.31 Å². The Hall–Kier alpha value is -3.08. The van der Waals surface area contributed by atoms with Crippen LogP contribution >= 0.6 is 11.6 Å². The number of nitrogens with zero attached hydrogens (tertiary/aromatic N) is 1. The first kappa shape index (κ1) is 30.5. The fourth-order valence-electron chi connectivity index (χ4n) is 4.05. The minimum absolute atomic E-state index is 0.0537. The van der Waals surface area contributed by atoms with Crippen molar-refractivity contribution in [3.8, 4) is 11.1 Å². The lowest BCUT2D eigenvalue weighted by atomic mass is 9.94. The van der Waals surface area contributed by atoms with Crippen molar-refractivity contribution in [2.75, 3.05) is 20.1 Å². The van der Waals surface area contributed by atoms with Gasteiger partial charge in [0.2, 0.25) is 10.0 Å². The van der Waals surface area contributed by atoms with Crippen molar-refractivity contribution in [1.82, 2.24) is 9.62 Å². The van der Waals surface area contributed by atoms with Crippen molar-refractivity contribution in [1.29, 1.82) is 0 Å². The number of aliphatic hydroxyl groups excluding tert-OH is 1. The zero-order valence-corrected chi connectivity index (χ0v) is 23.5.